The van der Waals surface area contributed by atoms with Crippen LogP contribution in [0, 0.1) is 5.92 Å². The standard InChI is InChI=1S/C19H34N2/c1-6-19(7-2)21(14-16(3)4)15-18-11-9-8-10-17(18)12-13-20-5/h8-11,16,19-20H,6-7,12-15H2,1-5H3. The summed E-state index contributed by atoms with van der Waals surface area (Å²) in [6.07, 6.45) is 3.59. The number of nitrogens with zero attached hydrogens (tertiary/aromatic N) is 1. The van der Waals surface area contributed by atoms with E-state index in [4.69, 9.17) is 0 Å². The fourth-order valence-corrected chi connectivity index (χ4v) is 3.05. The van der Waals surface area contributed by atoms with Crippen LogP contribution in [0.5, 0.6) is 0 Å². The number of benzene rings is 1. The Morgan fingerprint density at radius 2 is 1.67 bits per heavy atom. The molecule has 0 bridgehead atoms. The Morgan fingerprint density at radius 1 is 1.05 bits per heavy atom. The summed E-state index contributed by atoms with van der Waals surface area (Å²) in [7, 11) is 2.03. The van der Waals surface area contributed by atoms with Crippen molar-refractivity contribution in [1.29, 1.82) is 0 Å². The van der Waals surface area contributed by atoms with Crippen molar-refractivity contribution in [1.82, 2.24) is 10.2 Å². The van der Waals surface area contributed by atoms with Crippen LogP contribution in [-0.2, 0) is 13.0 Å². The SMILES string of the molecule is CCC(CC)N(Cc1ccccc1CCNC)CC(C)C. The van der Waals surface area contributed by atoms with Gasteiger partial charge in [0.1, 0.15) is 0 Å². The predicted octanol–water partition coefficient (Wildman–Crippen LogP) is 4.10. The normalized spacial score (nSPS) is 11.8. The van der Waals surface area contributed by atoms with Gasteiger partial charge in [-0.05, 0) is 49.9 Å². The first-order chi connectivity index (χ1) is 10.1. The number of hydrogen-bond acceptors (Lipinski definition) is 2. The van der Waals surface area contributed by atoms with Crippen molar-refractivity contribution < 1.29 is 0 Å². The highest BCUT2D eigenvalue weighted by Crippen LogP contribution is 2.18. The second kappa shape index (κ2) is 9.97. The third kappa shape index (κ3) is 6.19. The summed E-state index contributed by atoms with van der Waals surface area (Å²) >= 11 is 0. The van der Waals surface area contributed by atoms with Gasteiger partial charge in [0.15, 0.2) is 0 Å². The molecule has 0 unspecified atom stereocenters. The number of rotatable bonds is 10. The van der Waals surface area contributed by atoms with Gasteiger partial charge in [0.05, 0.1) is 0 Å². The van der Waals surface area contributed by atoms with Crippen molar-refractivity contribution in [2.45, 2.75) is 59.5 Å². The fraction of sp³-hybridized carbons (Fsp3) is 0.684. The molecule has 1 aromatic carbocycles. The van der Waals surface area contributed by atoms with Gasteiger partial charge >= 0.3 is 0 Å². The van der Waals surface area contributed by atoms with Crippen LogP contribution >= 0.6 is 0 Å². The van der Waals surface area contributed by atoms with Gasteiger partial charge < -0.3 is 5.32 Å². The lowest BCUT2D eigenvalue weighted by Crippen LogP contribution is -2.37. The van der Waals surface area contributed by atoms with E-state index < -0.39 is 0 Å². The van der Waals surface area contributed by atoms with Crippen LogP contribution in [0.4, 0.5) is 0 Å². The molecule has 0 atom stereocenters. The average Bonchev–Trinajstić information content (AvgIpc) is 2.47. The molecule has 1 N–H and O–H groups in total. The van der Waals surface area contributed by atoms with E-state index in [1.54, 1.807) is 0 Å². The Balaban J connectivity index is 2.86. The summed E-state index contributed by atoms with van der Waals surface area (Å²) in [5.41, 5.74) is 2.99. The van der Waals surface area contributed by atoms with Crippen molar-refractivity contribution >= 4 is 0 Å². The van der Waals surface area contributed by atoms with Gasteiger partial charge in [-0.25, -0.2) is 0 Å². The first kappa shape index (κ1) is 18.2. The monoisotopic (exact) mass is 290 g/mol. The average molecular weight is 290 g/mol. The van der Waals surface area contributed by atoms with Crippen LogP contribution in [0.25, 0.3) is 0 Å². The summed E-state index contributed by atoms with van der Waals surface area (Å²) in [4.78, 5) is 2.68. The van der Waals surface area contributed by atoms with Crippen LogP contribution in [0.1, 0.15) is 51.7 Å². The Labute approximate surface area is 131 Å². The van der Waals surface area contributed by atoms with Gasteiger partial charge in [0.2, 0.25) is 0 Å². The summed E-state index contributed by atoms with van der Waals surface area (Å²) in [6.45, 7) is 12.6. The number of nitrogens with one attached hydrogen (secondary N) is 1. The molecule has 0 saturated heterocycles. The molecular formula is C19H34N2. The molecule has 0 aromatic heterocycles. The van der Waals surface area contributed by atoms with Crippen molar-refractivity contribution in [3.63, 3.8) is 0 Å². The van der Waals surface area contributed by atoms with Crippen LogP contribution in [-0.4, -0.2) is 31.1 Å². The third-order valence-corrected chi connectivity index (χ3v) is 4.19. The van der Waals surface area contributed by atoms with Gasteiger partial charge in [-0.2, -0.15) is 0 Å². The third-order valence-electron chi connectivity index (χ3n) is 4.19. The number of hydrogen-bond donors (Lipinski definition) is 1. The number of likely N-dealkylation sites (N-methyl/N-ethyl adjacent to an activating group) is 1. The molecule has 1 rings (SSSR count). The molecule has 120 valence electrons. The summed E-state index contributed by atoms with van der Waals surface area (Å²) in [6, 6.07) is 9.63. The smallest absolute Gasteiger partial charge is 0.0239 e. The topological polar surface area (TPSA) is 15.3 Å². The van der Waals surface area contributed by atoms with E-state index in [-0.39, 0.29) is 0 Å². The summed E-state index contributed by atoms with van der Waals surface area (Å²) < 4.78 is 0. The first-order valence-electron chi connectivity index (χ1n) is 8.57. The maximum absolute atomic E-state index is 3.26. The van der Waals surface area contributed by atoms with E-state index >= 15 is 0 Å². The quantitative estimate of drug-likeness (QED) is 0.698. The van der Waals surface area contributed by atoms with Crippen molar-refractivity contribution in [3.8, 4) is 0 Å². The maximum Gasteiger partial charge on any atom is 0.0239 e. The van der Waals surface area contributed by atoms with Gasteiger partial charge in [-0.1, -0.05) is 52.0 Å². The van der Waals surface area contributed by atoms with Gasteiger partial charge in [-0.3, -0.25) is 4.90 Å². The van der Waals surface area contributed by atoms with Crippen molar-refractivity contribution in [2.75, 3.05) is 20.1 Å². The minimum atomic E-state index is 0.699. The van der Waals surface area contributed by atoms with E-state index in [1.807, 2.05) is 7.05 Å². The lowest BCUT2D eigenvalue weighted by Gasteiger charge is -2.32. The molecule has 0 radical (unpaired) electrons. The van der Waals surface area contributed by atoms with Crippen molar-refractivity contribution in [2.24, 2.45) is 5.92 Å². The maximum atomic E-state index is 3.26. The molecular weight excluding hydrogens is 256 g/mol. The van der Waals surface area contributed by atoms with E-state index in [0.717, 1.165) is 25.4 Å². The van der Waals surface area contributed by atoms with Crippen molar-refractivity contribution in [3.05, 3.63) is 35.4 Å². The molecule has 0 fully saturated rings. The lowest BCUT2D eigenvalue weighted by atomic mass is 10.0. The molecule has 0 saturated carbocycles. The molecule has 0 aliphatic carbocycles. The highest BCUT2D eigenvalue weighted by atomic mass is 15.2. The highest BCUT2D eigenvalue weighted by molar-refractivity contribution is 5.27. The van der Waals surface area contributed by atoms with Crippen LogP contribution < -0.4 is 5.32 Å². The van der Waals surface area contributed by atoms with E-state index in [9.17, 15) is 0 Å². The highest BCUT2D eigenvalue weighted by Gasteiger charge is 2.17. The fourth-order valence-electron chi connectivity index (χ4n) is 3.05. The molecule has 0 aliphatic rings. The Morgan fingerprint density at radius 3 is 2.19 bits per heavy atom. The Bertz CT molecular complexity index is 383. The minimum absolute atomic E-state index is 0.699. The van der Waals surface area contributed by atoms with Gasteiger partial charge in [-0.15, -0.1) is 0 Å². The zero-order chi connectivity index (χ0) is 15.7. The summed E-state index contributed by atoms with van der Waals surface area (Å²) in [5, 5.41) is 3.26. The second-order valence-corrected chi connectivity index (χ2v) is 6.42. The first-order valence-corrected chi connectivity index (χ1v) is 8.57. The van der Waals surface area contributed by atoms with E-state index in [0.29, 0.717) is 6.04 Å². The second-order valence-electron chi connectivity index (χ2n) is 6.42. The molecule has 0 amide bonds. The molecule has 0 aliphatic heterocycles. The minimum Gasteiger partial charge on any atom is -0.319 e. The Kier molecular flexibility index (Phi) is 8.63. The molecule has 2 heteroatoms. The summed E-state index contributed by atoms with van der Waals surface area (Å²) in [5.74, 6) is 0.718. The van der Waals surface area contributed by atoms with E-state index in [1.165, 1.54) is 30.5 Å². The van der Waals surface area contributed by atoms with Crippen LogP contribution in [0.2, 0.25) is 0 Å². The van der Waals surface area contributed by atoms with Crippen LogP contribution in [0.3, 0.4) is 0 Å². The largest absolute Gasteiger partial charge is 0.319 e. The Hall–Kier alpha value is -0.860. The zero-order valence-corrected chi connectivity index (χ0v) is 14.7. The zero-order valence-electron chi connectivity index (χ0n) is 14.7. The van der Waals surface area contributed by atoms with Gasteiger partial charge in [0, 0.05) is 19.1 Å². The molecule has 1 aromatic rings. The molecule has 2 nitrogen and oxygen atoms in total. The van der Waals surface area contributed by atoms with E-state index in [2.05, 4.69) is 62.2 Å². The molecule has 0 heterocycles. The van der Waals surface area contributed by atoms with Crippen LogP contribution in [0.15, 0.2) is 24.3 Å². The molecule has 0 spiro atoms. The predicted molar refractivity (Wildman–Crippen MR) is 93.7 cm³/mol. The van der Waals surface area contributed by atoms with Gasteiger partial charge in [0.25, 0.3) is 0 Å². The lowest BCUT2D eigenvalue weighted by molar-refractivity contribution is 0.157. The molecule has 21 heavy (non-hydrogen) atoms.